The number of hydrogen-bond donors (Lipinski definition) is 0. The van der Waals surface area contributed by atoms with Gasteiger partial charge in [0, 0.05) is 19.3 Å². The van der Waals surface area contributed by atoms with E-state index in [1.165, 1.54) is 28.6 Å². The van der Waals surface area contributed by atoms with E-state index in [9.17, 15) is 16.8 Å². The van der Waals surface area contributed by atoms with Crippen LogP contribution in [0.4, 0.5) is 0 Å². The van der Waals surface area contributed by atoms with Crippen molar-refractivity contribution in [3.05, 3.63) is 24.3 Å². The summed E-state index contributed by atoms with van der Waals surface area (Å²) in [5.74, 6) is 0.330. The Morgan fingerprint density at radius 3 is 2.40 bits per heavy atom. The first-order chi connectivity index (χ1) is 9.21. The van der Waals surface area contributed by atoms with Gasteiger partial charge < -0.3 is 0 Å². The number of sulfone groups is 1. The van der Waals surface area contributed by atoms with E-state index in [0.717, 1.165) is 19.1 Å². The fourth-order valence-electron chi connectivity index (χ4n) is 2.38. The summed E-state index contributed by atoms with van der Waals surface area (Å²) in [5.41, 5.74) is 0. The Hall–Kier alpha value is -0.920. The van der Waals surface area contributed by atoms with Crippen molar-refractivity contribution >= 4 is 19.9 Å². The summed E-state index contributed by atoms with van der Waals surface area (Å²) >= 11 is 0. The highest BCUT2D eigenvalue weighted by molar-refractivity contribution is 7.91. The third-order valence-electron chi connectivity index (χ3n) is 3.49. The van der Waals surface area contributed by atoms with Gasteiger partial charge in [0.1, 0.15) is 0 Å². The summed E-state index contributed by atoms with van der Waals surface area (Å²) in [6, 6.07) is 5.57. The molecule has 1 aliphatic heterocycles. The van der Waals surface area contributed by atoms with Crippen molar-refractivity contribution in [1.29, 1.82) is 0 Å². The van der Waals surface area contributed by atoms with Gasteiger partial charge in [0.15, 0.2) is 9.84 Å². The molecule has 5 nitrogen and oxygen atoms in total. The smallest absolute Gasteiger partial charge is 0.224 e. The minimum atomic E-state index is -3.61. The fraction of sp³-hybridized carbons (Fsp3) is 0.538. The van der Waals surface area contributed by atoms with Gasteiger partial charge in [-0.3, -0.25) is 0 Å². The van der Waals surface area contributed by atoms with Gasteiger partial charge in [-0.15, -0.1) is 0 Å². The molecule has 7 heteroatoms. The third kappa shape index (κ3) is 3.21. The summed E-state index contributed by atoms with van der Waals surface area (Å²) in [6.45, 7) is 3.01. The molecule has 2 rings (SSSR count). The molecule has 20 heavy (non-hydrogen) atoms. The number of sulfonamides is 1. The summed E-state index contributed by atoms with van der Waals surface area (Å²) in [5, 5.41) is 0. The zero-order chi connectivity index (χ0) is 15.0. The summed E-state index contributed by atoms with van der Waals surface area (Å²) in [7, 11) is -7.02. The lowest BCUT2D eigenvalue weighted by Crippen LogP contribution is -2.39. The molecule has 0 unspecified atom stereocenters. The van der Waals surface area contributed by atoms with Crippen molar-refractivity contribution in [1.82, 2.24) is 4.31 Å². The highest BCUT2D eigenvalue weighted by Gasteiger charge is 2.29. The van der Waals surface area contributed by atoms with Crippen molar-refractivity contribution in [2.75, 3.05) is 19.3 Å². The molecule has 0 bridgehead atoms. The van der Waals surface area contributed by atoms with Crippen LogP contribution in [0.25, 0.3) is 0 Å². The molecule has 0 spiro atoms. The highest BCUT2D eigenvalue weighted by atomic mass is 32.2. The van der Waals surface area contributed by atoms with Gasteiger partial charge in [-0.1, -0.05) is 13.0 Å². The first-order valence-electron chi connectivity index (χ1n) is 6.51. The molecule has 0 aliphatic carbocycles. The van der Waals surface area contributed by atoms with Crippen LogP contribution in [0.5, 0.6) is 0 Å². The molecule has 0 saturated carbocycles. The first kappa shape index (κ1) is 15.5. The molecule has 0 aromatic heterocycles. The molecule has 1 fully saturated rings. The van der Waals surface area contributed by atoms with Gasteiger partial charge >= 0.3 is 0 Å². The molecule has 1 aliphatic rings. The summed E-state index contributed by atoms with van der Waals surface area (Å²) < 4.78 is 49.6. The normalized spacial score (nSPS) is 21.8. The minimum absolute atomic E-state index is 0.0311. The number of hydrogen-bond acceptors (Lipinski definition) is 4. The molecule has 1 aromatic carbocycles. The number of nitrogens with zero attached hydrogens (tertiary/aromatic N) is 1. The van der Waals surface area contributed by atoms with Crippen molar-refractivity contribution in [3.8, 4) is 0 Å². The van der Waals surface area contributed by atoms with E-state index in [-0.39, 0.29) is 9.79 Å². The maximum atomic E-state index is 12.5. The molecule has 1 heterocycles. The Kier molecular flexibility index (Phi) is 4.22. The summed E-state index contributed by atoms with van der Waals surface area (Å²) in [6.07, 6.45) is 2.93. The Bertz CT molecular complexity index is 695. The fourth-order valence-corrected chi connectivity index (χ4v) is 4.77. The molecule has 1 atom stereocenters. The van der Waals surface area contributed by atoms with Gasteiger partial charge in [0.05, 0.1) is 9.79 Å². The van der Waals surface area contributed by atoms with E-state index in [4.69, 9.17) is 0 Å². The van der Waals surface area contributed by atoms with E-state index in [2.05, 4.69) is 0 Å². The Labute approximate surface area is 120 Å². The first-order valence-corrected chi connectivity index (χ1v) is 9.84. The van der Waals surface area contributed by atoms with Crippen LogP contribution in [0, 0.1) is 5.92 Å². The Morgan fingerprint density at radius 1 is 1.15 bits per heavy atom. The van der Waals surface area contributed by atoms with Crippen LogP contribution in [0.3, 0.4) is 0 Å². The van der Waals surface area contributed by atoms with E-state index < -0.39 is 19.9 Å². The SMILES string of the molecule is C[C@H]1CCCN(S(=O)(=O)c2cccc(S(C)(=O)=O)c2)C1. The predicted molar refractivity (Wildman–Crippen MR) is 76.7 cm³/mol. The number of benzene rings is 1. The topological polar surface area (TPSA) is 71.5 Å². The van der Waals surface area contributed by atoms with Gasteiger partial charge in [-0.2, -0.15) is 4.31 Å². The Morgan fingerprint density at radius 2 is 1.80 bits per heavy atom. The van der Waals surface area contributed by atoms with Crippen molar-refractivity contribution in [2.24, 2.45) is 5.92 Å². The quantitative estimate of drug-likeness (QED) is 0.847. The molecule has 112 valence electrons. The number of piperidine rings is 1. The van der Waals surface area contributed by atoms with Gasteiger partial charge in [-0.05, 0) is 37.0 Å². The van der Waals surface area contributed by atoms with Crippen LogP contribution in [-0.4, -0.2) is 40.5 Å². The van der Waals surface area contributed by atoms with Crippen LogP contribution in [0.1, 0.15) is 19.8 Å². The minimum Gasteiger partial charge on any atom is -0.224 e. The largest absolute Gasteiger partial charge is 0.243 e. The van der Waals surface area contributed by atoms with E-state index in [1.807, 2.05) is 6.92 Å². The second kappa shape index (κ2) is 5.46. The maximum Gasteiger partial charge on any atom is 0.243 e. The lowest BCUT2D eigenvalue weighted by molar-refractivity contribution is 0.281. The lowest BCUT2D eigenvalue weighted by Gasteiger charge is -2.30. The average molecular weight is 317 g/mol. The third-order valence-corrected chi connectivity index (χ3v) is 6.46. The summed E-state index contributed by atoms with van der Waals surface area (Å²) in [4.78, 5) is 0.0816. The monoisotopic (exact) mass is 317 g/mol. The molecule has 0 N–H and O–H groups in total. The molecule has 1 aromatic rings. The standard InChI is InChI=1S/C13H19NO4S2/c1-11-5-4-8-14(10-11)20(17,18)13-7-3-6-12(9-13)19(2,15)16/h3,6-7,9,11H,4-5,8,10H2,1-2H3/t11-/m0/s1. The zero-order valence-corrected chi connectivity index (χ0v) is 13.2. The highest BCUT2D eigenvalue weighted by Crippen LogP contribution is 2.24. The maximum absolute atomic E-state index is 12.5. The molecular formula is C13H19NO4S2. The average Bonchev–Trinajstić information content (AvgIpc) is 2.38. The van der Waals surface area contributed by atoms with E-state index >= 15 is 0 Å². The van der Waals surface area contributed by atoms with Crippen molar-refractivity contribution < 1.29 is 16.8 Å². The molecule has 0 amide bonds. The van der Waals surface area contributed by atoms with Gasteiger partial charge in [0.25, 0.3) is 0 Å². The van der Waals surface area contributed by atoms with Crippen LogP contribution in [-0.2, 0) is 19.9 Å². The lowest BCUT2D eigenvalue weighted by atomic mass is 10.0. The van der Waals surface area contributed by atoms with Crippen LogP contribution < -0.4 is 0 Å². The van der Waals surface area contributed by atoms with Crippen LogP contribution in [0.15, 0.2) is 34.1 Å². The second-order valence-corrected chi connectivity index (χ2v) is 9.31. The van der Waals surface area contributed by atoms with E-state index in [0.29, 0.717) is 19.0 Å². The second-order valence-electron chi connectivity index (χ2n) is 5.36. The van der Waals surface area contributed by atoms with Crippen molar-refractivity contribution in [2.45, 2.75) is 29.6 Å². The van der Waals surface area contributed by atoms with Gasteiger partial charge in [-0.25, -0.2) is 16.8 Å². The molecule has 0 radical (unpaired) electrons. The molecule has 1 saturated heterocycles. The van der Waals surface area contributed by atoms with Crippen LogP contribution in [0.2, 0.25) is 0 Å². The Balaban J connectivity index is 2.39. The van der Waals surface area contributed by atoms with E-state index in [1.54, 1.807) is 0 Å². The number of rotatable bonds is 3. The van der Waals surface area contributed by atoms with Crippen molar-refractivity contribution in [3.63, 3.8) is 0 Å². The zero-order valence-electron chi connectivity index (χ0n) is 11.6. The molecular weight excluding hydrogens is 298 g/mol. The van der Waals surface area contributed by atoms with Crippen LogP contribution >= 0.6 is 0 Å². The van der Waals surface area contributed by atoms with Gasteiger partial charge in [0.2, 0.25) is 10.0 Å². The predicted octanol–water partition coefficient (Wildman–Crippen LogP) is 1.51.